The highest BCUT2D eigenvalue weighted by atomic mass is 19.1. The smallest absolute Gasteiger partial charge is 0.187 e. The minimum absolute atomic E-state index is 0.0459. The standard InChI is InChI=1S/C19H20F2N2O2/c1-19(10-23(2)3)7-6-16-12(18(19)25)4-5-15(22-16)11-8-13(20)17(24)14(21)9-11/h4-5,8-9,24H,6-7,10H2,1-3H3. The highest BCUT2D eigenvalue weighted by molar-refractivity contribution is 6.02. The Morgan fingerprint density at radius 1 is 1.24 bits per heavy atom. The lowest BCUT2D eigenvalue weighted by molar-refractivity contribution is 0.0730. The first-order chi connectivity index (χ1) is 11.7. The summed E-state index contributed by atoms with van der Waals surface area (Å²) in [5.41, 5.74) is 1.35. The molecule has 2 aromatic rings. The van der Waals surface area contributed by atoms with Gasteiger partial charge < -0.3 is 10.0 Å². The predicted molar refractivity (Wildman–Crippen MR) is 90.6 cm³/mol. The van der Waals surface area contributed by atoms with E-state index in [0.717, 1.165) is 12.1 Å². The molecule has 0 bridgehead atoms. The zero-order chi connectivity index (χ0) is 18.4. The number of aromatic hydroxyl groups is 1. The first-order valence-electron chi connectivity index (χ1n) is 8.09. The number of aryl methyl sites for hydroxylation is 1. The molecule has 1 atom stereocenters. The normalized spacial score (nSPS) is 20.0. The number of carbonyl (C=O) groups is 1. The molecule has 0 fully saturated rings. The van der Waals surface area contributed by atoms with Crippen LogP contribution in [-0.4, -0.2) is 41.4 Å². The summed E-state index contributed by atoms with van der Waals surface area (Å²) in [6.45, 7) is 2.61. The van der Waals surface area contributed by atoms with Crippen LogP contribution in [0.15, 0.2) is 24.3 Å². The summed E-state index contributed by atoms with van der Waals surface area (Å²) >= 11 is 0. The lowest BCUT2D eigenvalue weighted by Gasteiger charge is -2.35. The van der Waals surface area contributed by atoms with Gasteiger partial charge in [-0.25, -0.2) is 8.78 Å². The molecule has 1 aromatic carbocycles. The Morgan fingerprint density at radius 3 is 2.48 bits per heavy atom. The number of nitrogens with zero attached hydrogens (tertiary/aromatic N) is 2. The molecule has 6 heteroatoms. The van der Waals surface area contributed by atoms with Crippen molar-refractivity contribution >= 4 is 5.78 Å². The van der Waals surface area contributed by atoms with Gasteiger partial charge in [0.15, 0.2) is 23.2 Å². The van der Waals surface area contributed by atoms with Crippen molar-refractivity contribution in [2.24, 2.45) is 5.41 Å². The molecule has 1 N–H and O–H groups in total. The molecular weight excluding hydrogens is 326 g/mol. The van der Waals surface area contributed by atoms with Crippen LogP contribution in [0, 0.1) is 17.0 Å². The molecule has 1 heterocycles. The van der Waals surface area contributed by atoms with E-state index < -0.39 is 22.8 Å². The number of halogens is 2. The van der Waals surface area contributed by atoms with E-state index in [2.05, 4.69) is 4.98 Å². The molecule has 3 rings (SSSR count). The van der Waals surface area contributed by atoms with Gasteiger partial charge in [0.2, 0.25) is 0 Å². The summed E-state index contributed by atoms with van der Waals surface area (Å²) in [5.74, 6) is -3.03. The molecule has 0 saturated heterocycles. The monoisotopic (exact) mass is 346 g/mol. The second-order valence-corrected chi connectivity index (χ2v) is 7.11. The van der Waals surface area contributed by atoms with Gasteiger partial charge in [0.1, 0.15) is 0 Å². The molecule has 0 saturated carbocycles. The van der Waals surface area contributed by atoms with E-state index in [1.807, 2.05) is 25.9 Å². The average Bonchev–Trinajstić information content (AvgIpc) is 2.55. The van der Waals surface area contributed by atoms with E-state index in [1.165, 1.54) is 0 Å². The SMILES string of the molecule is CN(C)CC1(C)CCc2nc(-c3cc(F)c(O)c(F)c3)ccc2C1=O. The van der Waals surface area contributed by atoms with Crippen molar-refractivity contribution in [3.63, 3.8) is 0 Å². The van der Waals surface area contributed by atoms with E-state index in [4.69, 9.17) is 0 Å². The summed E-state index contributed by atoms with van der Waals surface area (Å²) in [4.78, 5) is 19.3. The molecular formula is C19H20F2N2O2. The third-order valence-electron chi connectivity index (χ3n) is 4.66. The van der Waals surface area contributed by atoms with E-state index >= 15 is 0 Å². The number of ketones is 1. The number of rotatable bonds is 3. The molecule has 1 aliphatic rings. The van der Waals surface area contributed by atoms with E-state index in [9.17, 15) is 18.7 Å². The van der Waals surface area contributed by atoms with E-state index in [0.29, 0.717) is 36.3 Å². The van der Waals surface area contributed by atoms with Gasteiger partial charge in [0.05, 0.1) is 11.4 Å². The quantitative estimate of drug-likeness (QED) is 0.925. The summed E-state index contributed by atoms with van der Waals surface area (Å²) in [6, 6.07) is 5.33. The number of carbonyl (C=O) groups excluding carboxylic acids is 1. The maximum atomic E-state index is 13.6. The Labute approximate surface area is 145 Å². The lowest BCUT2D eigenvalue weighted by Crippen LogP contribution is -2.41. The van der Waals surface area contributed by atoms with Crippen LogP contribution in [0.2, 0.25) is 0 Å². The Kier molecular flexibility index (Phi) is 4.33. The number of benzene rings is 1. The van der Waals surface area contributed by atoms with Crippen LogP contribution in [-0.2, 0) is 6.42 Å². The first kappa shape index (κ1) is 17.5. The Morgan fingerprint density at radius 2 is 1.88 bits per heavy atom. The van der Waals surface area contributed by atoms with Crippen molar-refractivity contribution < 1.29 is 18.7 Å². The second kappa shape index (κ2) is 6.19. The van der Waals surface area contributed by atoms with Crippen LogP contribution >= 0.6 is 0 Å². The summed E-state index contributed by atoms with van der Waals surface area (Å²) < 4.78 is 27.1. The van der Waals surface area contributed by atoms with Crippen molar-refractivity contribution in [1.29, 1.82) is 0 Å². The fourth-order valence-corrected chi connectivity index (χ4v) is 3.45. The molecule has 0 radical (unpaired) electrons. The highest BCUT2D eigenvalue weighted by Crippen LogP contribution is 2.36. The molecule has 0 spiro atoms. The highest BCUT2D eigenvalue weighted by Gasteiger charge is 2.39. The zero-order valence-electron chi connectivity index (χ0n) is 14.4. The van der Waals surface area contributed by atoms with Crippen LogP contribution in [0.1, 0.15) is 29.4 Å². The van der Waals surface area contributed by atoms with Crippen LogP contribution in [0.4, 0.5) is 8.78 Å². The number of pyridine rings is 1. The number of Topliss-reactive ketones (excluding diaryl/α,β-unsaturated/α-hetero) is 1. The number of phenols is 1. The molecule has 0 amide bonds. The maximum Gasteiger partial charge on any atom is 0.187 e. The molecule has 1 aliphatic carbocycles. The third-order valence-corrected chi connectivity index (χ3v) is 4.66. The number of hydrogen-bond donors (Lipinski definition) is 1. The molecule has 1 unspecified atom stereocenters. The zero-order valence-corrected chi connectivity index (χ0v) is 14.4. The topological polar surface area (TPSA) is 53.4 Å². The van der Waals surface area contributed by atoms with Gasteiger partial charge in [0.25, 0.3) is 0 Å². The van der Waals surface area contributed by atoms with Crippen molar-refractivity contribution in [2.75, 3.05) is 20.6 Å². The summed E-state index contributed by atoms with van der Waals surface area (Å²) in [6.07, 6.45) is 1.30. The van der Waals surface area contributed by atoms with Crippen LogP contribution in [0.25, 0.3) is 11.3 Å². The number of fused-ring (bicyclic) bond motifs is 1. The van der Waals surface area contributed by atoms with Crippen molar-refractivity contribution in [3.05, 3.63) is 47.2 Å². The third kappa shape index (κ3) is 3.14. The Balaban J connectivity index is 1.99. The minimum Gasteiger partial charge on any atom is -0.503 e. The van der Waals surface area contributed by atoms with Gasteiger partial charge >= 0.3 is 0 Å². The van der Waals surface area contributed by atoms with Gasteiger partial charge in [-0.2, -0.15) is 0 Å². The van der Waals surface area contributed by atoms with Crippen LogP contribution in [0.5, 0.6) is 5.75 Å². The maximum absolute atomic E-state index is 13.6. The number of hydrogen-bond acceptors (Lipinski definition) is 4. The second-order valence-electron chi connectivity index (χ2n) is 7.11. The summed E-state index contributed by atoms with van der Waals surface area (Å²) in [7, 11) is 3.87. The number of aromatic nitrogens is 1. The largest absolute Gasteiger partial charge is 0.503 e. The van der Waals surface area contributed by atoms with Crippen molar-refractivity contribution in [2.45, 2.75) is 19.8 Å². The van der Waals surface area contributed by atoms with E-state index in [-0.39, 0.29) is 11.3 Å². The molecule has 132 valence electrons. The number of phenolic OH excluding ortho intramolecular Hbond substituents is 1. The molecule has 4 nitrogen and oxygen atoms in total. The summed E-state index contributed by atoms with van der Waals surface area (Å²) in [5, 5.41) is 9.21. The van der Waals surface area contributed by atoms with Crippen molar-refractivity contribution in [1.82, 2.24) is 9.88 Å². The van der Waals surface area contributed by atoms with Crippen molar-refractivity contribution in [3.8, 4) is 17.0 Å². The lowest BCUT2D eigenvalue weighted by atomic mass is 9.73. The van der Waals surface area contributed by atoms with Crippen LogP contribution < -0.4 is 0 Å². The Bertz CT molecular complexity index is 828. The minimum atomic E-state index is -1.04. The van der Waals surface area contributed by atoms with Crippen LogP contribution in [0.3, 0.4) is 0 Å². The molecule has 0 aliphatic heterocycles. The van der Waals surface area contributed by atoms with Gasteiger partial charge in [-0.3, -0.25) is 9.78 Å². The van der Waals surface area contributed by atoms with Gasteiger partial charge in [-0.1, -0.05) is 6.92 Å². The van der Waals surface area contributed by atoms with E-state index in [1.54, 1.807) is 12.1 Å². The first-order valence-corrected chi connectivity index (χ1v) is 8.09. The molecule has 25 heavy (non-hydrogen) atoms. The predicted octanol–water partition coefficient (Wildman–Crippen LogP) is 3.43. The van der Waals surface area contributed by atoms with Gasteiger partial charge in [-0.15, -0.1) is 0 Å². The fraction of sp³-hybridized carbons (Fsp3) is 0.368. The van der Waals surface area contributed by atoms with Gasteiger partial charge in [0, 0.05) is 23.1 Å². The Hall–Kier alpha value is -2.34. The fourth-order valence-electron chi connectivity index (χ4n) is 3.45. The van der Waals surface area contributed by atoms with Gasteiger partial charge in [-0.05, 0) is 51.2 Å². The average molecular weight is 346 g/mol. The molecule has 1 aromatic heterocycles.